The molecule has 1 rings (SSSR count). The molecule has 1 aliphatic heterocycles. The Kier molecular flexibility index (Phi) is 1.97. The van der Waals surface area contributed by atoms with E-state index in [-0.39, 0.29) is 0 Å². The van der Waals surface area contributed by atoms with Gasteiger partial charge in [0.2, 0.25) is 0 Å². The predicted molar refractivity (Wildman–Crippen MR) is 29.3 cm³/mol. The average Bonchev–Trinajstić information content (AvgIpc) is 2.34. The topological polar surface area (TPSA) is 15.6 Å². The van der Waals surface area contributed by atoms with E-state index in [2.05, 4.69) is 11.3 Å². The van der Waals surface area contributed by atoms with Crippen LogP contribution in [0.4, 0.5) is 8.78 Å². The summed E-state index contributed by atoms with van der Waals surface area (Å²) in [4.78, 5) is 4.60. The highest BCUT2D eigenvalue weighted by Gasteiger charge is 2.17. The Hall–Kier alpha value is -0.670. The Morgan fingerprint density at radius 3 is 2.78 bits per heavy atom. The van der Waals surface area contributed by atoms with Gasteiger partial charge in [0, 0.05) is 0 Å². The molecule has 0 amide bonds. The normalized spacial score (nSPS) is 25.6. The summed E-state index contributed by atoms with van der Waals surface area (Å²) in [6.07, 6.45) is 2.30. The van der Waals surface area contributed by atoms with E-state index < -0.39 is 19.5 Å². The molecule has 0 saturated carbocycles. The first-order chi connectivity index (χ1) is 4.36. The summed E-state index contributed by atoms with van der Waals surface area (Å²) >= 11 is 0. The first-order valence-corrected chi connectivity index (χ1v) is 2.56. The summed E-state index contributed by atoms with van der Waals surface area (Å²) in [6, 6.07) is -0.513. The lowest BCUT2D eigenvalue weighted by atomic mass is 10.3. The first-order valence-electron chi connectivity index (χ1n) is 2.56. The lowest BCUT2D eigenvalue weighted by Gasteiger charge is -2.06. The first kappa shape index (κ1) is 6.45. The molecule has 2 radical (unpaired) electrons. The van der Waals surface area contributed by atoms with Gasteiger partial charge in [0.25, 0.3) is 0 Å². The third-order valence-electron chi connectivity index (χ3n) is 0.991. The summed E-state index contributed by atoms with van der Waals surface area (Å²) < 4.78 is 23.4. The maximum absolute atomic E-state index is 11.7. The zero-order chi connectivity index (χ0) is 6.69. The fourth-order valence-corrected chi connectivity index (χ4v) is 0.564. The quantitative estimate of drug-likeness (QED) is 0.503. The molecule has 0 N–H and O–H groups in total. The minimum Gasteiger partial charge on any atom is -0.319 e. The molecular weight excluding hydrogens is 126 g/mol. The van der Waals surface area contributed by atoms with E-state index in [4.69, 9.17) is 0 Å². The van der Waals surface area contributed by atoms with Gasteiger partial charge in [-0.3, -0.25) is 4.99 Å². The molecule has 4 heteroatoms. The number of hydrogen-bond donors (Lipinski definition) is 0. The van der Waals surface area contributed by atoms with Gasteiger partial charge in [-0.1, -0.05) is 0 Å². The lowest BCUT2D eigenvalue weighted by molar-refractivity contribution is 0.319. The fraction of sp³-hybridized carbons (Fsp3) is 0.600. The highest BCUT2D eigenvalue weighted by molar-refractivity contribution is 5.59. The fourth-order valence-electron chi connectivity index (χ4n) is 0.564. The van der Waals surface area contributed by atoms with E-state index in [0.29, 0.717) is 0 Å². The van der Waals surface area contributed by atoms with Gasteiger partial charge in [0.15, 0.2) is 13.1 Å². The Morgan fingerprint density at radius 1 is 1.67 bits per heavy atom. The number of rotatable bonds is 2. The Labute approximate surface area is 52.2 Å². The van der Waals surface area contributed by atoms with Gasteiger partial charge < -0.3 is 4.90 Å². The predicted octanol–water partition coefficient (Wildman–Crippen LogP) is 0.634. The maximum Gasteiger partial charge on any atom is 0.169 e. The SMILES string of the molecule is FCC1[CH]N(CF)[C]=N1. The minimum absolute atomic E-state index is 0.513. The average molecular weight is 132 g/mol. The molecule has 0 aromatic heterocycles. The van der Waals surface area contributed by atoms with Crippen LogP contribution in [0.2, 0.25) is 0 Å². The van der Waals surface area contributed by atoms with Gasteiger partial charge in [-0.25, -0.2) is 8.78 Å². The Balaban J connectivity index is 2.31. The van der Waals surface area contributed by atoms with E-state index in [1.807, 2.05) is 0 Å². The van der Waals surface area contributed by atoms with E-state index >= 15 is 0 Å². The largest absolute Gasteiger partial charge is 0.319 e. The highest BCUT2D eigenvalue weighted by Crippen LogP contribution is 2.08. The summed E-state index contributed by atoms with van der Waals surface area (Å²) in [6.45, 7) is 0.101. The van der Waals surface area contributed by atoms with Crippen molar-refractivity contribution in [3.8, 4) is 0 Å². The van der Waals surface area contributed by atoms with Crippen LogP contribution < -0.4 is 0 Å². The summed E-state index contributed by atoms with van der Waals surface area (Å²) in [5, 5.41) is 0. The van der Waals surface area contributed by atoms with E-state index in [0.717, 1.165) is 4.90 Å². The van der Waals surface area contributed by atoms with E-state index in [1.54, 1.807) is 0 Å². The monoisotopic (exact) mass is 132 g/mol. The van der Waals surface area contributed by atoms with Crippen molar-refractivity contribution in [3.63, 3.8) is 0 Å². The van der Waals surface area contributed by atoms with Gasteiger partial charge in [0.05, 0.1) is 6.54 Å². The van der Waals surface area contributed by atoms with Crippen molar-refractivity contribution in [2.75, 3.05) is 13.5 Å². The third kappa shape index (κ3) is 1.37. The molecule has 0 aliphatic carbocycles. The molecule has 50 valence electrons. The van der Waals surface area contributed by atoms with Gasteiger partial charge in [-0.05, 0) is 0 Å². The van der Waals surface area contributed by atoms with Crippen molar-refractivity contribution in [2.45, 2.75) is 6.04 Å². The van der Waals surface area contributed by atoms with E-state index in [9.17, 15) is 8.78 Å². The van der Waals surface area contributed by atoms with Gasteiger partial charge in [0.1, 0.15) is 12.7 Å². The molecule has 0 aromatic rings. The van der Waals surface area contributed by atoms with Gasteiger partial charge in [-0.2, -0.15) is 0 Å². The van der Waals surface area contributed by atoms with Crippen LogP contribution in [0.3, 0.4) is 0 Å². The van der Waals surface area contributed by atoms with Crippen LogP contribution >= 0.6 is 0 Å². The van der Waals surface area contributed by atoms with Crippen LogP contribution in [-0.2, 0) is 0 Å². The zero-order valence-corrected chi connectivity index (χ0v) is 4.72. The van der Waals surface area contributed by atoms with Crippen molar-refractivity contribution in [3.05, 3.63) is 6.54 Å². The van der Waals surface area contributed by atoms with Crippen molar-refractivity contribution in [1.29, 1.82) is 0 Å². The molecular formula is C5H6F2N2. The van der Waals surface area contributed by atoms with Crippen LogP contribution in [-0.4, -0.2) is 30.8 Å². The number of halogens is 2. The molecule has 0 saturated heterocycles. The van der Waals surface area contributed by atoms with Gasteiger partial charge in [-0.15, -0.1) is 0 Å². The highest BCUT2D eigenvalue weighted by atomic mass is 19.1. The third-order valence-corrected chi connectivity index (χ3v) is 0.991. The second kappa shape index (κ2) is 2.75. The summed E-state index contributed by atoms with van der Waals surface area (Å²) in [5.41, 5.74) is 0. The van der Waals surface area contributed by atoms with Crippen LogP contribution in [0.15, 0.2) is 4.99 Å². The molecule has 9 heavy (non-hydrogen) atoms. The van der Waals surface area contributed by atoms with Crippen LogP contribution in [0.1, 0.15) is 0 Å². The second-order valence-corrected chi connectivity index (χ2v) is 1.69. The van der Waals surface area contributed by atoms with Gasteiger partial charge >= 0.3 is 0 Å². The second-order valence-electron chi connectivity index (χ2n) is 1.69. The Bertz CT molecular complexity index is 104. The molecule has 0 fully saturated rings. The zero-order valence-electron chi connectivity index (χ0n) is 4.72. The van der Waals surface area contributed by atoms with Crippen molar-refractivity contribution < 1.29 is 8.78 Å². The van der Waals surface area contributed by atoms with E-state index in [1.165, 1.54) is 6.54 Å². The molecule has 1 atom stereocenters. The number of alkyl halides is 2. The van der Waals surface area contributed by atoms with Crippen molar-refractivity contribution >= 4 is 6.34 Å². The van der Waals surface area contributed by atoms with Crippen molar-refractivity contribution in [2.24, 2.45) is 4.99 Å². The minimum atomic E-state index is -0.681. The molecule has 1 unspecified atom stereocenters. The number of hydrogen-bond acceptors (Lipinski definition) is 2. The summed E-state index contributed by atoms with van der Waals surface area (Å²) in [5.74, 6) is 0. The van der Waals surface area contributed by atoms with Crippen LogP contribution in [0.25, 0.3) is 0 Å². The summed E-state index contributed by atoms with van der Waals surface area (Å²) in [7, 11) is 0. The molecule has 0 spiro atoms. The number of nitrogens with zero attached hydrogens (tertiary/aromatic N) is 2. The molecule has 1 heterocycles. The molecule has 1 aliphatic rings. The Morgan fingerprint density at radius 2 is 2.44 bits per heavy atom. The smallest absolute Gasteiger partial charge is 0.169 e. The van der Waals surface area contributed by atoms with Crippen molar-refractivity contribution in [1.82, 2.24) is 4.90 Å². The van der Waals surface area contributed by atoms with Crippen LogP contribution in [0.5, 0.6) is 0 Å². The standard InChI is InChI=1S/C5H6F2N2/c6-1-5-2-9(3-7)4-8-5/h2,5H,1,3H2. The molecule has 2 nitrogen and oxygen atoms in total. The number of aliphatic imine (C=N–C) groups is 1. The maximum atomic E-state index is 11.7. The molecule has 0 bridgehead atoms. The molecule has 0 aromatic carbocycles. The van der Waals surface area contributed by atoms with Crippen LogP contribution in [0, 0.1) is 6.54 Å². The lowest BCUT2D eigenvalue weighted by Crippen LogP contribution is -2.17.